The van der Waals surface area contributed by atoms with Crippen LogP contribution in [0.2, 0.25) is 0 Å². The minimum Gasteiger partial charge on any atom is -0.376 e. The lowest BCUT2D eigenvalue weighted by Gasteiger charge is -2.17. The van der Waals surface area contributed by atoms with Crippen molar-refractivity contribution in [3.8, 4) is 0 Å². The Balaban J connectivity index is 0.00000272. The van der Waals surface area contributed by atoms with E-state index in [1.54, 1.807) is 30.7 Å². The molecule has 164 valence electrons. The average Bonchev–Trinajstić information content (AvgIpc) is 3.27. The number of nitrogens with one attached hydrogen (secondary N) is 3. The van der Waals surface area contributed by atoms with Gasteiger partial charge in [0.1, 0.15) is 23.3 Å². The smallest absolute Gasteiger partial charge is 0.227 e. The third kappa shape index (κ3) is 6.47. The summed E-state index contributed by atoms with van der Waals surface area (Å²) in [5, 5.41) is 9.76. The van der Waals surface area contributed by atoms with Gasteiger partial charge in [-0.1, -0.05) is 12.1 Å². The molecule has 3 N–H and O–H groups in total. The van der Waals surface area contributed by atoms with Gasteiger partial charge in [0.15, 0.2) is 0 Å². The van der Waals surface area contributed by atoms with E-state index in [4.69, 9.17) is 4.74 Å². The highest BCUT2D eigenvalue weighted by Gasteiger charge is 2.16. The Kier molecular flexibility index (Phi) is 7.91. The second-order valence-corrected chi connectivity index (χ2v) is 7.11. The molecule has 1 fully saturated rings. The molecule has 0 saturated carbocycles. The quantitative estimate of drug-likeness (QED) is 0.471. The van der Waals surface area contributed by atoms with Crippen molar-refractivity contribution in [3.05, 3.63) is 60.3 Å². The Bertz CT molecular complexity index is 956. The first kappa shape index (κ1) is 22.6. The van der Waals surface area contributed by atoms with Crippen molar-refractivity contribution < 1.29 is 9.13 Å². The standard InChI is InChI=1S/C21H24FN7O.ClH/c1-14(15-4-6-16(22)7-5-15)26-21-28-18(25-12-17-3-2-10-30-17)11-19(29-21)27-20-13-23-8-9-24-20;/h4-9,11,13-14,17H,2-3,10,12H2,1H3,(H3,24,25,26,27,28,29);1H/t14-,17?;/m0./s1. The fraction of sp³-hybridized carbons (Fsp3) is 0.333. The van der Waals surface area contributed by atoms with E-state index in [1.165, 1.54) is 12.1 Å². The summed E-state index contributed by atoms with van der Waals surface area (Å²) in [7, 11) is 0. The van der Waals surface area contributed by atoms with Crippen LogP contribution in [-0.4, -0.2) is 39.2 Å². The molecule has 3 aromatic rings. The number of aromatic nitrogens is 4. The van der Waals surface area contributed by atoms with Crippen LogP contribution in [0.4, 0.5) is 27.8 Å². The van der Waals surface area contributed by atoms with E-state index >= 15 is 0 Å². The summed E-state index contributed by atoms with van der Waals surface area (Å²) in [5.74, 6) is 2.00. The van der Waals surface area contributed by atoms with Gasteiger partial charge in [0.25, 0.3) is 0 Å². The molecule has 8 nitrogen and oxygen atoms in total. The van der Waals surface area contributed by atoms with Crippen LogP contribution in [0.25, 0.3) is 0 Å². The minimum atomic E-state index is -0.266. The summed E-state index contributed by atoms with van der Waals surface area (Å²) in [6, 6.07) is 8.07. The SMILES string of the molecule is C[C@H](Nc1nc(NCC2CCCO2)cc(Nc2cnccn2)n1)c1ccc(F)cc1.Cl. The van der Waals surface area contributed by atoms with Crippen LogP contribution in [0.1, 0.15) is 31.4 Å². The van der Waals surface area contributed by atoms with Gasteiger partial charge in [-0.3, -0.25) is 4.98 Å². The summed E-state index contributed by atoms with van der Waals surface area (Å²) >= 11 is 0. The number of ether oxygens (including phenoxy) is 1. The van der Waals surface area contributed by atoms with Gasteiger partial charge in [-0.2, -0.15) is 9.97 Å². The Morgan fingerprint density at radius 2 is 1.94 bits per heavy atom. The molecule has 0 spiro atoms. The van der Waals surface area contributed by atoms with Crippen molar-refractivity contribution in [3.63, 3.8) is 0 Å². The molecular formula is C21H25ClFN7O. The zero-order valence-electron chi connectivity index (χ0n) is 17.1. The number of hydrogen-bond acceptors (Lipinski definition) is 8. The van der Waals surface area contributed by atoms with E-state index in [-0.39, 0.29) is 30.4 Å². The van der Waals surface area contributed by atoms with Crippen LogP contribution < -0.4 is 16.0 Å². The molecule has 2 atom stereocenters. The summed E-state index contributed by atoms with van der Waals surface area (Å²) in [5.41, 5.74) is 0.932. The predicted molar refractivity (Wildman–Crippen MR) is 120 cm³/mol. The fourth-order valence-corrected chi connectivity index (χ4v) is 3.21. The van der Waals surface area contributed by atoms with Crippen molar-refractivity contribution >= 4 is 35.8 Å². The van der Waals surface area contributed by atoms with Crippen LogP contribution in [0, 0.1) is 5.82 Å². The number of anilines is 4. The predicted octanol–water partition coefficient (Wildman–Crippen LogP) is 4.34. The lowest BCUT2D eigenvalue weighted by molar-refractivity contribution is 0.120. The molecule has 0 bridgehead atoms. The molecule has 10 heteroatoms. The lowest BCUT2D eigenvalue weighted by Crippen LogP contribution is -2.20. The molecule has 1 aliphatic heterocycles. The Morgan fingerprint density at radius 1 is 1.13 bits per heavy atom. The summed E-state index contributed by atoms with van der Waals surface area (Å²) in [6.07, 6.45) is 7.14. The van der Waals surface area contributed by atoms with Gasteiger partial charge in [0.2, 0.25) is 5.95 Å². The van der Waals surface area contributed by atoms with Crippen molar-refractivity contribution in [1.82, 2.24) is 19.9 Å². The Morgan fingerprint density at radius 3 is 2.65 bits per heavy atom. The molecule has 31 heavy (non-hydrogen) atoms. The van der Waals surface area contributed by atoms with Gasteiger partial charge in [0, 0.05) is 31.6 Å². The third-order valence-corrected chi connectivity index (χ3v) is 4.80. The molecule has 0 radical (unpaired) electrons. The molecular weight excluding hydrogens is 421 g/mol. The molecule has 3 heterocycles. The van der Waals surface area contributed by atoms with Gasteiger partial charge >= 0.3 is 0 Å². The third-order valence-electron chi connectivity index (χ3n) is 4.80. The fourth-order valence-electron chi connectivity index (χ4n) is 3.21. The van der Waals surface area contributed by atoms with Gasteiger partial charge < -0.3 is 20.7 Å². The monoisotopic (exact) mass is 445 g/mol. The van der Waals surface area contributed by atoms with E-state index in [1.807, 2.05) is 13.0 Å². The van der Waals surface area contributed by atoms with Crippen molar-refractivity contribution in [2.45, 2.75) is 31.9 Å². The van der Waals surface area contributed by atoms with Crippen LogP contribution in [0.5, 0.6) is 0 Å². The maximum atomic E-state index is 13.2. The number of hydrogen-bond donors (Lipinski definition) is 3. The van der Waals surface area contributed by atoms with E-state index in [0.717, 1.165) is 25.0 Å². The largest absolute Gasteiger partial charge is 0.376 e. The highest BCUT2D eigenvalue weighted by Crippen LogP contribution is 2.22. The van der Waals surface area contributed by atoms with Gasteiger partial charge in [-0.15, -0.1) is 12.4 Å². The first-order chi connectivity index (χ1) is 14.7. The van der Waals surface area contributed by atoms with E-state index in [9.17, 15) is 4.39 Å². The molecule has 1 aliphatic rings. The topological polar surface area (TPSA) is 96.9 Å². The Hall–Kier alpha value is -3.04. The minimum absolute atomic E-state index is 0. The van der Waals surface area contributed by atoms with Gasteiger partial charge in [-0.25, -0.2) is 9.37 Å². The zero-order valence-corrected chi connectivity index (χ0v) is 17.9. The number of benzene rings is 1. The number of nitrogens with zero attached hydrogens (tertiary/aromatic N) is 4. The van der Waals surface area contributed by atoms with Crippen LogP contribution >= 0.6 is 12.4 Å². The van der Waals surface area contributed by atoms with Gasteiger partial charge in [-0.05, 0) is 37.5 Å². The maximum absolute atomic E-state index is 13.2. The number of rotatable bonds is 8. The first-order valence-corrected chi connectivity index (χ1v) is 9.95. The summed E-state index contributed by atoms with van der Waals surface area (Å²) in [4.78, 5) is 17.4. The van der Waals surface area contributed by atoms with Crippen LogP contribution in [-0.2, 0) is 4.74 Å². The van der Waals surface area contributed by atoms with Crippen molar-refractivity contribution in [2.24, 2.45) is 0 Å². The molecule has 1 unspecified atom stereocenters. The lowest BCUT2D eigenvalue weighted by atomic mass is 10.1. The van der Waals surface area contributed by atoms with Gasteiger partial charge in [0.05, 0.1) is 18.3 Å². The van der Waals surface area contributed by atoms with E-state index < -0.39 is 0 Å². The first-order valence-electron chi connectivity index (χ1n) is 9.95. The summed E-state index contributed by atoms with van der Waals surface area (Å²) < 4.78 is 18.9. The van der Waals surface area contributed by atoms with E-state index in [0.29, 0.717) is 29.9 Å². The van der Waals surface area contributed by atoms with Crippen molar-refractivity contribution in [2.75, 3.05) is 29.1 Å². The normalized spacial score (nSPS) is 16.3. The highest BCUT2D eigenvalue weighted by atomic mass is 35.5. The second-order valence-electron chi connectivity index (χ2n) is 7.11. The Labute approximate surface area is 186 Å². The molecule has 0 aliphatic carbocycles. The molecule has 4 rings (SSSR count). The van der Waals surface area contributed by atoms with E-state index in [2.05, 4.69) is 35.9 Å². The molecule has 1 aromatic carbocycles. The van der Waals surface area contributed by atoms with Crippen LogP contribution in [0.3, 0.4) is 0 Å². The molecule has 0 amide bonds. The van der Waals surface area contributed by atoms with Crippen molar-refractivity contribution in [1.29, 1.82) is 0 Å². The van der Waals surface area contributed by atoms with Crippen LogP contribution in [0.15, 0.2) is 48.9 Å². The highest BCUT2D eigenvalue weighted by molar-refractivity contribution is 5.85. The molecule has 1 saturated heterocycles. The zero-order chi connectivity index (χ0) is 20.8. The molecule has 2 aromatic heterocycles. The maximum Gasteiger partial charge on any atom is 0.227 e. The summed E-state index contributed by atoms with van der Waals surface area (Å²) in [6.45, 7) is 3.45. The second kappa shape index (κ2) is 10.8. The average molecular weight is 446 g/mol. The number of halogens is 2.